The van der Waals surface area contributed by atoms with Crippen molar-refractivity contribution in [3.63, 3.8) is 0 Å². The van der Waals surface area contributed by atoms with Crippen LogP contribution in [0.3, 0.4) is 0 Å². The van der Waals surface area contributed by atoms with E-state index in [1.54, 1.807) is 11.5 Å². The lowest BCUT2D eigenvalue weighted by Crippen LogP contribution is -2.38. The van der Waals surface area contributed by atoms with Gasteiger partial charge >= 0.3 is 10.3 Å². The number of carbonyl (C=O) groups is 1. The van der Waals surface area contributed by atoms with Crippen LogP contribution >= 0.6 is 0 Å². The number of unbranched alkanes of at least 4 members (excludes halogenated alkanes) is 1. The second kappa shape index (κ2) is 9.20. The fourth-order valence-electron chi connectivity index (χ4n) is 3.17. The summed E-state index contributed by atoms with van der Waals surface area (Å²) in [6, 6.07) is 0. The Bertz CT molecular complexity index is 996. The molecule has 3 heterocycles. The minimum Gasteiger partial charge on any atom is -0.390 e. The van der Waals surface area contributed by atoms with E-state index in [0.717, 1.165) is 12.8 Å². The molecule has 1 aliphatic heterocycles. The number of aromatic nitrogens is 4. The number of aliphatic hydroxyl groups is 1. The topological polar surface area (TPSA) is 172 Å². The van der Waals surface area contributed by atoms with Crippen LogP contribution in [0.5, 0.6) is 0 Å². The summed E-state index contributed by atoms with van der Waals surface area (Å²) in [5.41, 5.74) is 6.60. The van der Waals surface area contributed by atoms with Crippen LogP contribution in [0.25, 0.3) is 11.2 Å². The van der Waals surface area contributed by atoms with Gasteiger partial charge in [0.2, 0.25) is 5.91 Å². The average Bonchev–Trinajstić information content (AvgIpc) is 3.28. The van der Waals surface area contributed by atoms with Crippen molar-refractivity contribution in [2.24, 2.45) is 5.92 Å². The van der Waals surface area contributed by atoms with Crippen molar-refractivity contribution in [2.45, 2.75) is 58.0 Å². The van der Waals surface area contributed by atoms with Gasteiger partial charge in [-0.2, -0.15) is 8.42 Å². The van der Waals surface area contributed by atoms with Crippen molar-refractivity contribution in [1.29, 1.82) is 0 Å². The first-order valence-corrected chi connectivity index (χ1v) is 11.1. The molecular formula is C17H26N6O6S. The predicted octanol–water partition coefficient (Wildman–Crippen LogP) is 0.261. The molecule has 4 N–H and O–H groups in total. The first-order chi connectivity index (χ1) is 14.2. The van der Waals surface area contributed by atoms with Crippen LogP contribution in [0.1, 0.15) is 45.8 Å². The third-order valence-corrected chi connectivity index (χ3v) is 5.85. The highest BCUT2D eigenvalue weighted by atomic mass is 32.2. The molecule has 2 aromatic heterocycles. The summed E-state index contributed by atoms with van der Waals surface area (Å²) >= 11 is 0. The standard InChI is InChI=1S/C17H26N6O6S/c1-3-4-5-10(2)17(25)22-30(26,27)28-7-12-11(24)6-13(29-12)23-9-21-14-15(18)19-8-20-16(14)23/h8-13,24H,3-7H2,1-2H3,(H,22,25)(H2,18,19,20)/t10-,11+,12+,13+/m0/s1. The number of nitrogens with two attached hydrogens (primary N) is 1. The Morgan fingerprint density at radius 1 is 1.47 bits per heavy atom. The van der Waals surface area contributed by atoms with Crippen LogP contribution < -0.4 is 10.5 Å². The number of nitrogens with zero attached hydrogens (tertiary/aromatic N) is 4. The molecular weight excluding hydrogens is 416 g/mol. The molecule has 1 fully saturated rings. The average molecular weight is 442 g/mol. The number of ether oxygens (including phenoxy) is 1. The molecule has 0 aromatic carbocycles. The van der Waals surface area contributed by atoms with Gasteiger partial charge in [0.05, 0.1) is 19.0 Å². The molecule has 166 valence electrons. The number of hydrogen-bond donors (Lipinski definition) is 3. The number of amides is 1. The number of aliphatic hydroxyl groups excluding tert-OH is 1. The zero-order valence-corrected chi connectivity index (χ0v) is 17.6. The molecule has 1 amide bonds. The highest BCUT2D eigenvalue weighted by molar-refractivity contribution is 7.85. The van der Waals surface area contributed by atoms with Crippen molar-refractivity contribution < 1.29 is 27.2 Å². The second-order valence-corrected chi connectivity index (χ2v) is 8.61. The number of anilines is 1. The Labute approximate surface area is 174 Å². The molecule has 12 nitrogen and oxygen atoms in total. The van der Waals surface area contributed by atoms with Crippen LogP contribution in [0, 0.1) is 5.92 Å². The largest absolute Gasteiger partial charge is 0.390 e. The number of nitrogen functional groups attached to an aromatic ring is 1. The molecule has 4 atom stereocenters. The van der Waals surface area contributed by atoms with E-state index in [2.05, 4.69) is 15.0 Å². The van der Waals surface area contributed by atoms with Crippen molar-refractivity contribution in [2.75, 3.05) is 12.3 Å². The zero-order chi connectivity index (χ0) is 21.9. The molecule has 0 saturated carbocycles. The smallest absolute Gasteiger partial charge is 0.362 e. The van der Waals surface area contributed by atoms with E-state index in [-0.39, 0.29) is 12.2 Å². The summed E-state index contributed by atoms with van der Waals surface area (Å²) in [7, 11) is -4.32. The fraction of sp³-hybridized carbons (Fsp3) is 0.647. The van der Waals surface area contributed by atoms with Crippen LogP contribution in [0.15, 0.2) is 12.7 Å². The second-order valence-electron chi connectivity index (χ2n) is 7.26. The number of carbonyl (C=O) groups excluding carboxylic acids is 1. The Morgan fingerprint density at radius 3 is 2.97 bits per heavy atom. The van der Waals surface area contributed by atoms with Crippen molar-refractivity contribution >= 4 is 33.2 Å². The maximum Gasteiger partial charge on any atom is 0.362 e. The zero-order valence-electron chi connectivity index (χ0n) is 16.8. The Hall–Kier alpha value is -2.35. The van der Waals surface area contributed by atoms with Crippen LogP contribution in [-0.2, 0) is 24.0 Å². The summed E-state index contributed by atoms with van der Waals surface area (Å²) < 4.78 is 38.2. The normalized spacial score (nSPS) is 23.0. The van der Waals surface area contributed by atoms with Gasteiger partial charge in [0, 0.05) is 12.3 Å². The first-order valence-electron chi connectivity index (χ1n) is 9.69. The number of fused-ring (bicyclic) bond motifs is 1. The maximum absolute atomic E-state index is 12.1. The lowest BCUT2D eigenvalue weighted by atomic mass is 10.0. The third kappa shape index (κ3) is 5.03. The van der Waals surface area contributed by atoms with E-state index in [1.165, 1.54) is 12.7 Å². The number of nitrogens with one attached hydrogen (secondary N) is 1. The van der Waals surface area contributed by atoms with Gasteiger partial charge in [0.15, 0.2) is 11.5 Å². The van der Waals surface area contributed by atoms with Gasteiger partial charge < -0.3 is 15.6 Å². The van der Waals surface area contributed by atoms with Crippen molar-refractivity contribution in [1.82, 2.24) is 24.2 Å². The van der Waals surface area contributed by atoms with Crippen LogP contribution in [0.4, 0.5) is 5.82 Å². The van der Waals surface area contributed by atoms with E-state index in [9.17, 15) is 18.3 Å². The molecule has 13 heteroatoms. The molecule has 0 radical (unpaired) electrons. The van der Waals surface area contributed by atoms with Crippen molar-refractivity contribution in [3.8, 4) is 0 Å². The summed E-state index contributed by atoms with van der Waals surface area (Å²) in [6.07, 6.45) is 2.68. The molecule has 3 rings (SSSR count). The van der Waals surface area contributed by atoms with E-state index >= 15 is 0 Å². The van der Waals surface area contributed by atoms with Gasteiger partial charge in [-0.05, 0) is 6.42 Å². The fourth-order valence-corrected chi connectivity index (χ4v) is 3.99. The molecule has 0 spiro atoms. The lowest BCUT2D eigenvalue weighted by Gasteiger charge is -2.16. The lowest BCUT2D eigenvalue weighted by molar-refractivity contribution is -0.123. The molecule has 1 aliphatic rings. The van der Waals surface area contributed by atoms with Crippen LogP contribution in [-0.4, -0.2) is 57.8 Å². The van der Waals surface area contributed by atoms with Gasteiger partial charge in [0.1, 0.15) is 24.2 Å². The number of rotatable bonds is 9. The number of hydrogen-bond acceptors (Lipinski definition) is 10. The minimum atomic E-state index is -4.32. The summed E-state index contributed by atoms with van der Waals surface area (Å²) in [4.78, 5) is 24.1. The van der Waals surface area contributed by atoms with E-state index in [0.29, 0.717) is 17.6 Å². The molecule has 1 saturated heterocycles. The van der Waals surface area contributed by atoms with Gasteiger partial charge in [-0.15, -0.1) is 0 Å². The summed E-state index contributed by atoms with van der Waals surface area (Å²) in [5, 5.41) is 10.3. The molecule has 30 heavy (non-hydrogen) atoms. The first kappa shape index (κ1) is 22.3. The monoisotopic (exact) mass is 442 g/mol. The Kier molecular flexibility index (Phi) is 6.85. The van der Waals surface area contributed by atoms with E-state index in [1.807, 2.05) is 11.6 Å². The quantitative estimate of drug-likeness (QED) is 0.489. The predicted molar refractivity (Wildman–Crippen MR) is 106 cm³/mol. The van der Waals surface area contributed by atoms with Gasteiger partial charge in [-0.3, -0.25) is 13.5 Å². The van der Waals surface area contributed by atoms with Gasteiger partial charge in [0.25, 0.3) is 0 Å². The summed E-state index contributed by atoms with van der Waals surface area (Å²) in [5.74, 6) is -0.867. The van der Waals surface area contributed by atoms with E-state index < -0.39 is 47.2 Å². The third-order valence-electron chi connectivity index (χ3n) is 4.95. The minimum absolute atomic E-state index is 0.170. The molecule has 0 unspecified atom stereocenters. The molecule has 0 bridgehead atoms. The molecule has 0 aliphatic carbocycles. The highest BCUT2D eigenvalue weighted by Gasteiger charge is 2.37. The van der Waals surface area contributed by atoms with Gasteiger partial charge in [-0.25, -0.2) is 19.7 Å². The summed E-state index contributed by atoms with van der Waals surface area (Å²) in [6.45, 7) is 3.19. The highest BCUT2D eigenvalue weighted by Crippen LogP contribution is 2.31. The SMILES string of the molecule is CCCC[C@H](C)C(=O)NS(=O)(=O)OC[C@H]1O[C@@H](n2cnc3c(N)ncnc32)C[C@H]1O. The Balaban J connectivity index is 1.58. The Morgan fingerprint density at radius 2 is 2.23 bits per heavy atom. The number of imidazole rings is 1. The van der Waals surface area contributed by atoms with Crippen molar-refractivity contribution in [3.05, 3.63) is 12.7 Å². The van der Waals surface area contributed by atoms with E-state index in [4.69, 9.17) is 14.7 Å². The van der Waals surface area contributed by atoms with Gasteiger partial charge in [-0.1, -0.05) is 26.7 Å². The molecule has 2 aromatic rings. The maximum atomic E-state index is 12.1. The van der Waals surface area contributed by atoms with Crippen LogP contribution in [0.2, 0.25) is 0 Å².